The van der Waals surface area contributed by atoms with Crippen molar-refractivity contribution in [2.45, 2.75) is 63.6 Å². The third-order valence-corrected chi connectivity index (χ3v) is 7.16. The van der Waals surface area contributed by atoms with Crippen LogP contribution in [0.1, 0.15) is 45.1 Å². The van der Waals surface area contributed by atoms with Crippen LogP contribution in [0.4, 0.5) is 0 Å². The molecule has 1 aromatic carbocycles. The molecule has 1 saturated carbocycles. The van der Waals surface area contributed by atoms with Crippen molar-refractivity contribution in [2.75, 3.05) is 0 Å². The van der Waals surface area contributed by atoms with Crippen LogP contribution in [0.2, 0.25) is 0 Å². The van der Waals surface area contributed by atoms with Gasteiger partial charge in [-0.3, -0.25) is 4.79 Å². The highest BCUT2D eigenvalue weighted by molar-refractivity contribution is 5.76. The fourth-order valence-electron chi connectivity index (χ4n) is 5.80. The molecule has 4 aliphatic rings. The number of esters is 1. The fraction of sp³-hybridized carbons (Fsp3) is 0.667. The van der Waals surface area contributed by atoms with E-state index in [4.69, 9.17) is 19.2 Å². The normalized spacial score (nSPS) is 47.0. The van der Waals surface area contributed by atoms with Gasteiger partial charge in [0.2, 0.25) is 12.1 Å². The monoisotopic (exact) mass is 358 g/mol. The predicted octanol–water partition coefficient (Wildman–Crippen LogP) is 3.62. The Kier molecular flexibility index (Phi) is 3.72. The van der Waals surface area contributed by atoms with Crippen LogP contribution in [0.25, 0.3) is 0 Å². The zero-order chi connectivity index (χ0) is 17.9. The summed E-state index contributed by atoms with van der Waals surface area (Å²) in [5.74, 6) is -0.161. The highest BCUT2D eigenvalue weighted by Gasteiger charge is 2.70. The first-order valence-electron chi connectivity index (χ1n) is 9.83. The Morgan fingerprint density at radius 2 is 1.88 bits per heavy atom. The van der Waals surface area contributed by atoms with Crippen LogP contribution >= 0.6 is 0 Å². The van der Waals surface area contributed by atoms with E-state index < -0.39 is 17.7 Å². The van der Waals surface area contributed by atoms with Gasteiger partial charge in [0.15, 0.2) is 5.60 Å². The van der Waals surface area contributed by atoms with E-state index in [9.17, 15) is 4.79 Å². The van der Waals surface area contributed by atoms with Crippen molar-refractivity contribution in [3.8, 4) is 0 Å². The minimum Gasteiger partial charge on any atom is -0.453 e. The van der Waals surface area contributed by atoms with Crippen LogP contribution in [0.5, 0.6) is 0 Å². The van der Waals surface area contributed by atoms with Gasteiger partial charge in [-0.15, -0.1) is 0 Å². The maximum Gasteiger partial charge on any atom is 0.309 e. The predicted molar refractivity (Wildman–Crippen MR) is 92.5 cm³/mol. The molecular formula is C21H26O5. The number of carbonyl (C=O) groups is 1. The van der Waals surface area contributed by atoms with Crippen LogP contribution in [-0.4, -0.2) is 23.6 Å². The second-order valence-electron chi connectivity index (χ2n) is 8.57. The summed E-state index contributed by atoms with van der Waals surface area (Å²) in [5.41, 5.74) is 0.448. The average molecular weight is 358 g/mol. The summed E-state index contributed by atoms with van der Waals surface area (Å²) in [6, 6.07) is 10.2. The summed E-state index contributed by atoms with van der Waals surface area (Å²) in [5, 5.41) is 0. The molecule has 4 fully saturated rings. The smallest absolute Gasteiger partial charge is 0.309 e. The molecule has 0 aromatic heterocycles. The minimum atomic E-state index is -0.791. The number of fused-ring (bicyclic) bond motifs is 2. The number of ether oxygens (including phenoxy) is 2. The van der Waals surface area contributed by atoms with Crippen LogP contribution in [0.15, 0.2) is 30.3 Å². The maximum absolute atomic E-state index is 12.5. The molecule has 1 spiro atoms. The van der Waals surface area contributed by atoms with Gasteiger partial charge in [-0.05, 0) is 30.7 Å². The third kappa shape index (κ3) is 2.23. The summed E-state index contributed by atoms with van der Waals surface area (Å²) in [6.45, 7) is 4.25. The molecule has 2 bridgehead atoms. The SMILES string of the molecule is C[C@@H]1CC[C@H]2[C@@H](C)C(=O)OC23C2OOC(Cc4ccccc4)(CC[C@@H]13)O2. The zero-order valence-electron chi connectivity index (χ0n) is 15.4. The number of hydrogen-bond acceptors (Lipinski definition) is 5. The number of rotatable bonds is 2. The highest BCUT2D eigenvalue weighted by atomic mass is 17.3. The summed E-state index contributed by atoms with van der Waals surface area (Å²) < 4.78 is 12.5. The topological polar surface area (TPSA) is 54.0 Å². The van der Waals surface area contributed by atoms with Crippen molar-refractivity contribution in [3.05, 3.63) is 35.9 Å². The fourth-order valence-corrected chi connectivity index (χ4v) is 5.80. The van der Waals surface area contributed by atoms with Gasteiger partial charge >= 0.3 is 5.97 Å². The molecule has 5 rings (SSSR count). The zero-order valence-corrected chi connectivity index (χ0v) is 15.4. The van der Waals surface area contributed by atoms with E-state index in [2.05, 4.69) is 19.1 Å². The molecule has 3 saturated heterocycles. The lowest BCUT2D eigenvalue weighted by molar-refractivity contribution is -0.362. The van der Waals surface area contributed by atoms with Gasteiger partial charge in [0.25, 0.3) is 0 Å². The Balaban J connectivity index is 1.51. The van der Waals surface area contributed by atoms with Gasteiger partial charge in [-0.2, -0.15) is 9.78 Å². The van der Waals surface area contributed by atoms with E-state index in [-0.39, 0.29) is 23.7 Å². The van der Waals surface area contributed by atoms with Gasteiger partial charge in [-0.25, -0.2) is 0 Å². The van der Waals surface area contributed by atoms with E-state index in [1.54, 1.807) is 0 Å². The standard InChI is InChI=1S/C21H26O5/c1-13-8-9-17-14(2)18(22)23-21(17)16(13)10-11-20(24-19(21)25-26-20)12-15-6-4-3-5-7-15/h3-7,13-14,16-17,19H,8-12H2,1-2H3/t13-,14-,16+,17+,19?,20?,21?/m1/s1. The summed E-state index contributed by atoms with van der Waals surface area (Å²) in [7, 11) is 0. The van der Waals surface area contributed by atoms with E-state index >= 15 is 0 Å². The first kappa shape index (κ1) is 16.7. The molecule has 140 valence electrons. The molecule has 1 aromatic rings. The van der Waals surface area contributed by atoms with Crippen molar-refractivity contribution >= 4 is 5.97 Å². The second-order valence-corrected chi connectivity index (χ2v) is 8.57. The average Bonchev–Trinajstić information content (AvgIpc) is 3.11. The van der Waals surface area contributed by atoms with Crippen LogP contribution in [0, 0.1) is 23.7 Å². The van der Waals surface area contributed by atoms with Crippen LogP contribution in [-0.2, 0) is 30.5 Å². The Hall–Kier alpha value is -1.43. The van der Waals surface area contributed by atoms with Crippen molar-refractivity contribution in [2.24, 2.45) is 23.7 Å². The molecule has 26 heavy (non-hydrogen) atoms. The van der Waals surface area contributed by atoms with Crippen molar-refractivity contribution in [1.82, 2.24) is 0 Å². The van der Waals surface area contributed by atoms with Gasteiger partial charge in [0.1, 0.15) is 0 Å². The van der Waals surface area contributed by atoms with E-state index in [0.717, 1.165) is 31.2 Å². The molecule has 7 atom stereocenters. The summed E-state index contributed by atoms with van der Waals surface area (Å²) >= 11 is 0. The van der Waals surface area contributed by atoms with Gasteiger partial charge in [-0.1, -0.05) is 44.2 Å². The molecule has 5 nitrogen and oxygen atoms in total. The first-order valence-corrected chi connectivity index (χ1v) is 9.83. The molecule has 3 unspecified atom stereocenters. The van der Waals surface area contributed by atoms with E-state index in [1.165, 1.54) is 0 Å². The Morgan fingerprint density at radius 3 is 2.69 bits per heavy atom. The lowest BCUT2D eigenvalue weighted by Gasteiger charge is -2.48. The Labute approximate surface area is 153 Å². The van der Waals surface area contributed by atoms with Crippen molar-refractivity contribution in [3.63, 3.8) is 0 Å². The maximum atomic E-state index is 12.5. The van der Waals surface area contributed by atoms with Crippen molar-refractivity contribution < 1.29 is 24.0 Å². The van der Waals surface area contributed by atoms with E-state index in [1.807, 2.05) is 25.1 Å². The number of carbonyl (C=O) groups excluding carboxylic acids is 1. The van der Waals surface area contributed by atoms with Gasteiger partial charge in [0, 0.05) is 24.7 Å². The molecular weight excluding hydrogens is 332 g/mol. The van der Waals surface area contributed by atoms with Gasteiger partial charge in [0.05, 0.1) is 5.92 Å². The summed E-state index contributed by atoms with van der Waals surface area (Å²) in [6.07, 6.45) is 3.75. The largest absolute Gasteiger partial charge is 0.453 e. The third-order valence-electron chi connectivity index (χ3n) is 7.16. The Morgan fingerprint density at radius 1 is 1.08 bits per heavy atom. The minimum absolute atomic E-state index is 0.112. The molecule has 3 heterocycles. The van der Waals surface area contributed by atoms with E-state index in [0.29, 0.717) is 12.3 Å². The lowest BCUT2D eigenvalue weighted by atomic mass is 9.60. The molecule has 0 radical (unpaired) electrons. The quantitative estimate of drug-likeness (QED) is 0.597. The molecule has 1 aliphatic carbocycles. The molecule has 0 N–H and O–H groups in total. The second kappa shape index (κ2) is 5.78. The lowest BCUT2D eigenvalue weighted by Crippen LogP contribution is -2.57. The van der Waals surface area contributed by atoms with Crippen LogP contribution in [0.3, 0.4) is 0 Å². The number of benzene rings is 1. The van der Waals surface area contributed by atoms with Crippen LogP contribution < -0.4 is 0 Å². The molecule has 0 amide bonds. The van der Waals surface area contributed by atoms with Crippen molar-refractivity contribution in [1.29, 1.82) is 0 Å². The summed E-state index contributed by atoms with van der Waals surface area (Å²) in [4.78, 5) is 24.0. The Bertz CT molecular complexity index is 706. The van der Waals surface area contributed by atoms with Gasteiger partial charge < -0.3 is 9.47 Å². The first-order chi connectivity index (χ1) is 12.5. The number of hydrogen-bond donors (Lipinski definition) is 0. The molecule has 3 aliphatic heterocycles. The highest BCUT2D eigenvalue weighted by Crippen LogP contribution is 2.60. The molecule has 5 heteroatoms.